The lowest BCUT2D eigenvalue weighted by Gasteiger charge is -2.09. The molecule has 0 N–H and O–H groups in total. The molecule has 0 aliphatic heterocycles. The normalized spacial score (nSPS) is 11.0. The number of hydrogen-bond acceptors (Lipinski definition) is 2. The Labute approximate surface area is 135 Å². The quantitative estimate of drug-likeness (QED) is 0.567. The first-order valence-corrected chi connectivity index (χ1v) is 7.68. The van der Waals surface area contributed by atoms with Crippen molar-refractivity contribution in [2.75, 3.05) is 0 Å². The van der Waals surface area contributed by atoms with Crippen molar-refractivity contribution >= 4 is 38.4 Å². The molecule has 0 unspecified atom stereocenters. The first kappa shape index (κ1) is 14.4. The number of halogens is 3. The van der Waals surface area contributed by atoms with Crippen molar-refractivity contribution in [2.24, 2.45) is 0 Å². The first-order chi connectivity index (χ1) is 10.1. The number of nitrogens with zero attached hydrogens (tertiary/aromatic N) is 2. The lowest BCUT2D eigenvalue weighted by Crippen LogP contribution is -1.97. The second kappa shape index (κ2) is 5.70. The molecule has 21 heavy (non-hydrogen) atoms. The Balaban J connectivity index is 2.30. The predicted octanol–water partition coefficient (Wildman–Crippen LogP) is 5.41. The highest BCUT2D eigenvalue weighted by molar-refractivity contribution is 9.10. The fourth-order valence-corrected chi connectivity index (χ4v) is 2.94. The summed E-state index contributed by atoms with van der Waals surface area (Å²) in [6.07, 6.45) is 0.845. The summed E-state index contributed by atoms with van der Waals surface area (Å²) in [4.78, 5) is 8.69. The summed E-state index contributed by atoms with van der Waals surface area (Å²) >= 11 is 9.46. The van der Waals surface area contributed by atoms with E-state index in [0.29, 0.717) is 15.7 Å². The number of fused-ring (bicyclic) bond motifs is 1. The zero-order valence-corrected chi connectivity index (χ0v) is 13.5. The number of rotatable bonds is 2. The average Bonchev–Trinajstić information content (AvgIpc) is 2.48. The van der Waals surface area contributed by atoms with Crippen molar-refractivity contribution in [3.63, 3.8) is 0 Å². The van der Waals surface area contributed by atoms with Crippen LogP contribution in [0.4, 0.5) is 4.39 Å². The zero-order chi connectivity index (χ0) is 15.0. The molecule has 2 nitrogen and oxygen atoms in total. The molecule has 0 saturated heterocycles. The molecule has 0 radical (unpaired) electrons. The van der Waals surface area contributed by atoms with Crippen molar-refractivity contribution in [1.82, 2.24) is 9.97 Å². The molecule has 5 heteroatoms. The predicted molar refractivity (Wildman–Crippen MR) is 87.0 cm³/mol. The number of aromatic nitrogens is 2. The second-order valence-electron chi connectivity index (χ2n) is 4.63. The minimum Gasteiger partial charge on any atom is -0.225 e. The van der Waals surface area contributed by atoms with Crippen LogP contribution in [-0.4, -0.2) is 9.97 Å². The maximum Gasteiger partial charge on any atom is 0.161 e. The summed E-state index contributed by atoms with van der Waals surface area (Å²) in [5.74, 6) is 0.0325. The summed E-state index contributed by atoms with van der Waals surface area (Å²) in [5, 5.41) is 0.752. The lowest BCUT2D eigenvalue weighted by atomic mass is 10.0. The van der Waals surface area contributed by atoms with Gasteiger partial charge in [0.25, 0.3) is 0 Å². The summed E-state index contributed by atoms with van der Waals surface area (Å²) in [7, 11) is 0. The van der Waals surface area contributed by atoms with Crippen molar-refractivity contribution in [2.45, 2.75) is 13.3 Å². The minimum absolute atomic E-state index is 0.235. The van der Waals surface area contributed by atoms with Crippen molar-refractivity contribution < 1.29 is 4.39 Å². The van der Waals surface area contributed by atoms with Crippen LogP contribution in [0.1, 0.15) is 12.5 Å². The van der Waals surface area contributed by atoms with Crippen LogP contribution in [0, 0.1) is 5.82 Å². The second-order valence-corrected chi connectivity index (χ2v) is 5.91. The van der Waals surface area contributed by atoms with Crippen LogP contribution in [0.2, 0.25) is 5.15 Å². The van der Waals surface area contributed by atoms with E-state index in [1.807, 2.05) is 24.3 Å². The van der Waals surface area contributed by atoms with Gasteiger partial charge in [0.1, 0.15) is 10.7 Å². The van der Waals surface area contributed by atoms with Crippen LogP contribution >= 0.6 is 27.5 Å². The van der Waals surface area contributed by atoms with E-state index in [1.54, 1.807) is 6.07 Å². The third kappa shape index (κ3) is 2.65. The van der Waals surface area contributed by atoms with Crippen LogP contribution in [-0.2, 0) is 6.42 Å². The fourth-order valence-electron chi connectivity index (χ4n) is 2.29. The Morgan fingerprint density at radius 1 is 1.19 bits per heavy atom. The van der Waals surface area contributed by atoms with Gasteiger partial charge in [0.2, 0.25) is 0 Å². The van der Waals surface area contributed by atoms with Gasteiger partial charge in [0, 0.05) is 15.4 Å². The molecule has 0 atom stereocenters. The van der Waals surface area contributed by atoms with E-state index in [9.17, 15) is 4.39 Å². The summed E-state index contributed by atoms with van der Waals surface area (Å²) in [6.45, 7) is 2.05. The molecule has 0 aliphatic rings. The largest absolute Gasteiger partial charge is 0.225 e. The highest BCUT2D eigenvalue weighted by Gasteiger charge is 2.14. The first-order valence-electron chi connectivity index (χ1n) is 6.50. The SMILES string of the molecule is CCc1ccccc1-c1nc(Cl)c2cc(Br)cc(F)c2n1. The summed E-state index contributed by atoms with van der Waals surface area (Å²) in [6, 6.07) is 10.9. The Morgan fingerprint density at radius 2 is 1.95 bits per heavy atom. The molecule has 3 rings (SSSR count). The highest BCUT2D eigenvalue weighted by atomic mass is 79.9. The molecule has 0 bridgehead atoms. The van der Waals surface area contributed by atoms with E-state index in [1.165, 1.54) is 6.07 Å². The third-order valence-corrected chi connectivity index (χ3v) is 4.06. The molecular weight excluding hydrogens is 355 g/mol. The number of hydrogen-bond donors (Lipinski definition) is 0. The van der Waals surface area contributed by atoms with E-state index in [-0.39, 0.29) is 10.7 Å². The average molecular weight is 366 g/mol. The topological polar surface area (TPSA) is 25.8 Å². The van der Waals surface area contributed by atoms with Crippen molar-refractivity contribution in [3.05, 3.63) is 57.4 Å². The summed E-state index contributed by atoms with van der Waals surface area (Å²) < 4.78 is 14.7. The molecule has 0 aliphatic carbocycles. The molecule has 0 saturated carbocycles. The molecule has 3 aromatic rings. The maximum atomic E-state index is 14.1. The van der Waals surface area contributed by atoms with Gasteiger partial charge in [-0.15, -0.1) is 0 Å². The van der Waals surface area contributed by atoms with Gasteiger partial charge in [0.15, 0.2) is 11.6 Å². The van der Waals surface area contributed by atoms with Gasteiger partial charge >= 0.3 is 0 Å². The molecular formula is C16H11BrClFN2. The monoisotopic (exact) mass is 364 g/mol. The van der Waals surface area contributed by atoms with Crippen LogP contribution in [0.25, 0.3) is 22.3 Å². The molecule has 1 heterocycles. The van der Waals surface area contributed by atoms with Gasteiger partial charge in [-0.2, -0.15) is 0 Å². The molecule has 106 valence electrons. The van der Waals surface area contributed by atoms with Crippen molar-refractivity contribution in [3.8, 4) is 11.4 Å². The van der Waals surface area contributed by atoms with E-state index >= 15 is 0 Å². The van der Waals surface area contributed by atoms with Crippen LogP contribution in [0.5, 0.6) is 0 Å². The smallest absolute Gasteiger partial charge is 0.161 e. The maximum absolute atomic E-state index is 14.1. The van der Waals surface area contributed by atoms with Gasteiger partial charge in [-0.25, -0.2) is 14.4 Å². The Kier molecular flexibility index (Phi) is 3.91. The van der Waals surface area contributed by atoms with E-state index in [4.69, 9.17) is 11.6 Å². The minimum atomic E-state index is -0.418. The van der Waals surface area contributed by atoms with Gasteiger partial charge in [-0.05, 0) is 24.1 Å². The number of aryl methyl sites for hydroxylation is 1. The highest BCUT2D eigenvalue weighted by Crippen LogP contribution is 2.30. The third-order valence-electron chi connectivity index (χ3n) is 3.31. The molecule has 0 amide bonds. The van der Waals surface area contributed by atoms with Crippen LogP contribution < -0.4 is 0 Å². The standard InChI is InChI=1S/C16H11BrClFN2/c1-2-9-5-3-4-6-11(9)16-20-14-12(15(18)21-16)7-10(17)8-13(14)19/h3-8H,2H2,1H3. The molecule has 0 fully saturated rings. The Hall–Kier alpha value is -1.52. The summed E-state index contributed by atoms with van der Waals surface area (Å²) in [5.41, 5.74) is 2.22. The zero-order valence-electron chi connectivity index (χ0n) is 11.2. The Morgan fingerprint density at radius 3 is 2.71 bits per heavy atom. The lowest BCUT2D eigenvalue weighted by molar-refractivity contribution is 0.636. The van der Waals surface area contributed by atoms with Gasteiger partial charge in [-0.1, -0.05) is 58.7 Å². The van der Waals surface area contributed by atoms with Gasteiger partial charge < -0.3 is 0 Å². The van der Waals surface area contributed by atoms with Gasteiger partial charge in [0.05, 0.1) is 0 Å². The van der Waals surface area contributed by atoms with Gasteiger partial charge in [-0.3, -0.25) is 0 Å². The fraction of sp³-hybridized carbons (Fsp3) is 0.125. The van der Waals surface area contributed by atoms with Crippen LogP contribution in [0.3, 0.4) is 0 Å². The van der Waals surface area contributed by atoms with Crippen molar-refractivity contribution in [1.29, 1.82) is 0 Å². The van der Waals surface area contributed by atoms with E-state index in [2.05, 4.69) is 32.8 Å². The van der Waals surface area contributed by atoms with Crippen LogP contribution in [0.15, 0.2) is 40.9 Å². The molecule has 1 aromatic heterocycles. The number of benzene rings is 2. The van der Waals surface area contributed by atoms with E-state index in [0.717, 1.165) is 17.5 Å². The molecule has 0 spiro atoms. The van der Waals surface area contributed by atoms with E-state index < -0.39 is 5.82 Å². The Bertz CT molecular complexity index is 836. The molecule has 2 aromatic carbocycles.